The van der Waals surface area contributed by atoms with Gasteiger partial charge < -0.3 is 14.5 Å². The Kier molecular flexibility index (Phi) is 6.85. The first-order valence-corrected chi connectivity index (χ1v) is 10.9. The molecule has 0 unspecified atom stereocenters. The molecule has 0 aliphatic rings. The minimum atomic E-state index is -0.100. The zero-order valence-electron chi connectivity index (χ0n) is 17.0. The Morgan fingerprint density at radius 1 is 1.21 bits per heavy atom. The first-order chi connectivity index (χ1) is 13.5. The van der Waals surface area contributed by atoms with Crippen LogP contribution in [0.3, 0.4) is 0 Å². The summed E-state index contributed by atoms with van der Waals surface area (Å²) in [6, 6.07) is 7.72. The lowest BCUT2D eigenvalue weighted by Gasteiger charge is -2.20. The van der Waals surface area contributed by atoms with Gasteiger partial charge in [0, 0.05) is 13.0 Å². The molecule has 0 aliphatic carbocycles. The third-order valence-corrected chi connectivity index (χ3v) is 5.88. The number of nitrogens with zero attached hydrogens (tertiary/aromatic N) is 4. The number of hydrogen-bond acceptors (Lipinski definition) is 5. The van der Waals surface area contributed by atoms with Crippen molar-refractivity contribution in [2.24, 2.45) is 0 Å². The van der Waals surface area contributed by atoms with Crippen molar-refractivity contribution >= 4 is 22.7 Å². The fraction of sp³-hybridized carbons (Fsp3) is 0.500. The highest BCUT2D eigenvalue weighted by molar-refractivity contribution is 7.98. The van der Waals surface area contributed by atoms with Crippen molar-refractivity contribution in [2.75, 3.05) is 14.1 Å². The number of fused-ring (bicyclic) bond motifs is 1. The summed E-state index contributed by atoms with van der Waals surface area (Å²) in [5.41, 5.74) is 0.619. The van der Waals surface area contributed by atoms with E-state index in [1.807, 2.05) is 18.2 Å². The average Bonchev–Trinajstić information content (AvgIpc) is 3.07. The van der Waals surface area contributed by atoms with Crippen LogP contribution in [0, 0.1) is 0 Å². The Morgan fingerprint density at radius 3 is 2.71 bits per heavy atom. The fourth-order valence-electron chi connectivity index (χ4n) is 3.38. The zero-order valence-corrected chi connectivity index (χ0v) is 17.8. The van der Waals surface area contributed by atoms with E-state index in [1.54, 1.807) is 17.8 Å². The van der Waals surface area contributed by atoms with Crippen molar-refractivity contribution in [3.05, 3.63) is 46.3 Å². The van der Waals surface area contributed by atoms with Gasteiger partial charge >= 0.3 is 0 Å². The monoisotopic (exact) mass is 401 g/mol. The van der Waals surface area contributed by atoms with E-state index in [4.69, 9.17) is 0 Å². The van der Waals surface area contributed by atoms with Gasteiger partial charge in [0.15, 0.2) is 11.0 Å². The van der Waals surface area contributed by atoms with Crippen molar-refractivity contribution in [3.63, 3.8) is 0 Å². The number of aromatic amines is 1. The van der Waals surface area contributed by atoms with Gasteiger partial charge in [0.2, 0.25) is 0 Å². The molecular formula is C20H29N6OS+. The first-order valence-electron chi connectivity index (χ1n) is 9.89. The molecule has 0 aliphatic heterocycles. The summed E-state index contributed by atoms with van der Waals surface area (Å²) in [7, 11) is 4.31. The number of rotatable bonds is 9. The van der Waals surface area contributed by atoms with Crippen LogP contribution in [0.4, 0.5) is 0 Å². The Balaban J connectivity index is 1.85. The minimum absolute atomic E-state index is 0.100. The highest BCUT2D eigenvalue weighted by Crippen LogP contribution is 2.24. The van der Waals surface area contributed by atoms with E-state index in [9.17, 15) is 4.79 Å². The van der Waals surface area contributed by atoms with E-state index >= 15 is 0 Å². The van der Waals surface area contributed by atoms with E-state index in [1.165, 1.54) is 4.90 Å². The van der Waals surface area contributed by atoms with E-state index in [0.29, 0.717) is 23.0 Å². The summed E-state index contributed by atoms with van der Waals surface area (Å²) in [5.74, 6) is 2.25. The third-order valence-electron chi connectivity index (χ3n) is 4.90. The zero-order chi connectivity index (χ0) is 20.1. The standard InChI is InChI=1S/C20H28N6OS/c1-5-7-12-26-18(16(6-2)25(3)4)23-24-20(26)28-13-17-21-15-11-9-8-10-14(15)19(27)22-17/h8-11,16H,5-7,12-13H2,1-4H3,(H,21,22,27)/p+1/t16-/m1/s1. The van der Waals surface area contributed by atoms with Gasteiger partial charge in [-0.2, -0.15) is 0 Å². The molecule has 7 nitrogen and oxygen atoms in total. The Morgan fingerprint density at radius 2 is 2.00 bits per heavy atom. The normalized spacial score (nSPS) is 12.8. The second-order valence-electron chi connectivity index (χ2n) is 7.20. The van der Waals surface area contributed by atoms with E-state index in [0.717, 1.165) is 42.3 Å². The molecule has 28 heavy (non-hydrogen) atoms. The van der Waals surface area contributed by atoms with Gasteiger partial charge in [0.25, 0.3) is 5.56 Å². The molecule has 0 fully saturated rings. The Hall–Kier alpha value is -2.19. The lowest BCUT2D eigenvalue weighted by Crippen LogP contribution is -3.06. The molecule has 0 radical (unpaired) electrons. The molecule has 2 aromatic heterocycles. The molecule has 1 atom stereocenters. The summed E-state index contributed by atoms with van der Waals surface area (Å²) in [6.07, 6.45) is 3.21. The molecule has 2 heterocycles. The van der Waals surface area contributed by atoms with Crippen molar-refractivity contribution in [3.8, 4) is 0 Å². The van der Waals surface area contributed by atoms with Gasteiger partial charge in [-0.05, 0) is 18.6 Å². The van der Waals surface area contributed by atoms with Crippen LogP contribution in [0.1, 0.15) is 50.8 Å². The Labute approximate surface area is 169 Å². The van der Waals surface area contributed by atoms with Crippen LogP contribution in [-0.4, -0.2) is 38.8 Å². The lowest BCUT2D eigenvalue weighted by atomic mass is 10.2. The average molecular weight is 402 g/mol. The minimum Gasteiger partial charge on any atom is -0.331 e. The van der Waals surface area contributed by atoms with Gasteiger partial charge in [-0.1, -0.05) is 44.2 Å². The number of para-hydroxylation sites is 1. The second kappa shape index (κ2) is 9.34. The topological polar surface area (TPSA) is 80.9 Å². The van der Waals surface area contributed by atoms with Crippen molar-refractivity contribution < 1.29 is 4.90 Å². The van der Waals surface area contributed by atoms with Gasteiger partial charge in [-0.15, -0.1) is 10.2 Å². The summed E-state index contributed by atoms with van der Waals surface area (Å²) < 4.78 is 2.24. The van der Waals surface area contributed by atoms with Crippen LogP contribution < -0.4 is 10.5 Å². The van der Waals surface area contributed by atoms with Crippen LogP contribution in [0.25, 0.3) is 10.9 Å². The summed E-state index contributed by atoms with van der Waals surface area (Å²) in [4.78, 5) is 21.1. The predicted molar refractivity (Wildman–Crippen MR) is 113 cm³/mol. The molecule has 0 spiro atoms. The summed E-state index contributed by atoms with van der Waals surface area (Å²) >= 11 is 1.58. The molecule has 3 rings (SSSR count). The predicted octanol–water partition coefficient (Wildman–Crippen LogP) is 2.20. The van der Waals surface area contributed by atoms with Crippen LogP contribution in [0.5, 0.6) is 0 Å². The van der Waals surface area contributed by atoms with Gasteiger partial charge in [0.1, 0.15) is 11.9 Å². The molecule has 0 amide bonds. The molecule has 150 valence electrons. The number of H-pyrrole nitrogens is 1. The molecule has 0 saturated heterocycles. The highest BCUT2D eigenvalue weighted by atomic mass is 32.2. The van der Waals surface area contributed by atoms with Crippen LogP contribution in [0.15, 0.2) is 34.2 Å². The molecule has 0 saturated carbocycles. The van der Waals surface area contributed by atoms with Gasteiger partial charge in [0.05, 0.1) is 30.8 Å². The summed E-state index contributed by atoms with van der Waals surface area (Å²) in [6.45, 7) is 5.29. The third kappa shape index (κ3) is 4.44. The SMILES string of the molecule is CCCCn1c(SCc2nc3ccccc3c(=O)[nH]2)nnc1[C@@H](CC)[NH+](C)C. The van der Waals surface area contributed by atoms with Crippen LogP contribution in [-0.2, 0) is 12.3 Å². The first kappa shape index (κ1) is 20.5. The highest BCUT2D eigenvalue weighted by Gasteiger charge is 2.24. The lowest BCUT2D eigenvalue weighted by molar-refractivity contribution is -0.893. The molecule has 8 heteroatoms. The molecule has 3 aromatic rings. The number of hydrogen-bond donors (Lipinski definition) is 2. The maximum Gasteiger partial charge on any atom is 0.258 e. The smallest absolute Gasteiger partial charge is 0.258 e. The van der Waals surface area contributed by atoms with Gasteiger partial charge in [-0.3, -0.25) is 4.79 Å². The largest absolute Gasteiger partial charge is 0.331 e. The Bertz CT molecular complexity index is 980. The number of aromatic nitrogens is 5. The second-order valence-corrected chi connectivity index (χ2v) is 8.15. The van der Waals surface area contributed by atoms with Gasteiger partial charge in [-0.25, -0.2) is 4.98 Å². The maximum absolute atomic E-state index is 12.3. The molecule has 2 N–H and O–H groups in total. The number of benzene rings is 1. The number of quaternary nitrogens is 1. The fourth-order valence-corrected chi connectivity index (χ4v) is 4.22. The molecular weight excluding hydrogens is 372 g/mol. The molecule has 1 aromatic carbocycles. The van der Waals surface area contributed by atoms with Crippen LogP contribution >= 0.6 is 11.8 Å². The number of unbranched alkanes of at least 4 members (excludes halogenated alkanes) is 1. The van der Waals surface area contributed by atoms with Crippen molar-refractivity contribution in [1.82, 2.24) is 24.7 Å². The quantitative estimate of drug-likeness (QED) is 0.537. The van der Waals surface area contributed by atoms with Crippen molar-refractivity contribution in [1.29, 1.82) is 0 Å². The maximum atomic E-state index is 12.3. The van der Waals surface area contributed by atoms with E-state index in [-0.39, 0.29) is 5.56 Å². The summed E-state index contributed by atoms with van der Waals surface area (Å²) in [5, 5.41) is 10.5. The van der Waals surface area contributed by atoms with E-state index < -0.39 is 0 Å². The molecule has 0 bridgehead atoms. The van der Waals surface area contributed by atoms with E-state index in [2.05, 4.69) is 52.7 Å². The van der Waals surface area contributed by atoms with Crippen LogP contribution in [0.2, 0.25) is 0 Å². The van der Waals surface area contributed by atoms with Crippen molar-refractivity contribution in [2.45, 2.75) is 56.6 Å². The number of thioether (sulfide) groups is 1. The number of nitrogens with one attached hydrogen (secondary N) is 2.